The molecule has 1 unspecified atom stereocenters. The summed E-state index contributed by atoms with van der Waals surface area (Å²) < 4.78 is 2.19. The molecule has 0 fully saturated rings. The molecular formula is C16H30N6. The minimum absolute atomic E-state index is 0.356. The van der Waals surface area contributed by atoms with Crippen LogP contribution in [-0.4, -0.2) is 26.8 Å². The van der Waals surface area contributed by atoms with Crippen LogP contribution in [0.15, 0.2) is 4.99 Å². The summed E-state index contributed by atoms with van der Waals surface area (Å²) >= 11 is 0. The number of aromatic nitrogens is 3. The van der Waals surface area contributed by atoms with E-state index in [4.69, 9.17) is 5.73 Å². The summed E-state index contributed by atoms with van der Waals surface area (Å²) in [6.07, 6.45) is 7.03. The second-order valence-corrected chi connectivity index (χ2v) is 6.71. The summed E-state index contributed by atoms with van der Waals surface area (Å²) in [6.45, 7) is 8.18. The highest BCUT2D eigenvalue weighted by molar-refractivity contribution is 5.78. The van der Waals surface area contributed by atoms with Crippen LogP contribution >= 0.6 is 0 Å². The lowest BCUT2D eigenvalue weighted by atomic mass is 10.0. The Labute approximate surface area is 133 Å². The molecule has 124 valence electrons. The van der Waals surface area contributed by atoms with Gasteiger partial charge in [0.2, 0.25) is 0 Å². The van der Waals surface area contributed by atoms with E-state index in [-0.39, 0.29) is 0 Å². The van der Waals surface area contributed by atoms with Crippen molar-refractivity contribution in [3.63, 3.8) is 0 Å². The zero-order valence-corrected chi connectivity index (χ0v) is 14.2. The second kappa shape index (κ2) is 8.15. The largest absolute Gasteiger partial charge is 0.370 e. The maximum Gasteiger partial charge on any atom is 0.189 e. The Morgan fingerprint density at radius 3 is 2.86 bits per heavy atom. The fourth-order valence-electron chi connectivity index (χ4n) is 2.84. The van der Waals surface area contributed by atoms with Crippen molar-refractivity contribution in [2.24, 2.45) is 16.6 Å². The summed E-state index contributed by atoms with van der Waals surface area (Å²) in [5.41, 5.74) is 5.98. The van der Waals surface area contributed by atoms with E-state index in [1.807, 2.05) is 0 Å². The maximum absolute atomic E-state index is 5.98. The number of guanidine groups is 1. The Balaban J connectivity index is 1.78. The lowest BCUT2D eigenvalue weighted by molar-refractivity contribution is 0.492. The Morgan fingerprint density at radius 2 is 2.09 bits per heavy atom. The van der Waals surface area contributed by atoms with Crippen LogP contribution in [0.1, 0.15) is 64.5 Å². The van der Waals surface area contributed by atoms with E-state index in [0.29, 0.717) is 18.5 Å². The SMILES string of the molecule is CC(C)CCCC(C)NC(N)=NCc1nnc2n1CCCC2. The number of rotatable bonds is 7. The van der Waals surface area contributed by atoms with Crippen molar-refractivity contribution < 1.29 is 0 Å². The smallest absolute Gasteiger partial charge is 0.189 e. The summed E-state index contributed by atoms with van der Waals surface area (Å²) in [4.78, 5) is 4.42. The van der Waals surface area contributed by atoms with Crippen molar-refractivity contribution in [3.8, 4) is 0 Å². The number of fused-ring (bicyclic) bond motifs is 1. The van der Waals surface area contributed by atoms with Crippen LogP contribution in [-0.2, 0) is 19.5 Å². The normalized spacial score (nSPS) is 16.6. The Hall–Kier alpha value is -1.59. The van der Waals surface area contributed by atoms with Gasteiger partial charge in [0.05, 0.1) is 0 Å². The molecule has 22 heavy (non-hydrogen) atoms. The Kier molecular flexibility index (Phi) is 6.21. The molecule has 2 heterocycles. The summed E-state index contributed by atoms with van der Waals surface area (Å²) in [5.74, 6) is 3.28. The number of nitrogens with zero attached hydrogens (tertiary/aromatic N) is 4. The van der Waals surface area contributed by atoms with Crippen molar-refractivity contribution >= 4 is 5.96 Å². The van der Waals surface area contributed by atoms with Gasteiger partial charge < -0.3 is 15.6 Å². The van der Waals surface area contributed by atoms with Gasteiger partial charge in [0, 0.05) is 19.0 Å². The molecule has 0 saturated heterocycles. The minimum atomic E-state index is 0.356. The maximum atomic E-state index is 5.98. The average molecular weight is 306 g/mol. The van der Waals surface area contributed by atoms with Crippen molar-refractivity contribution in [2.75, 3.05) is 0 Å². The Bertz CT molecular complexity index is 491. The number of nitrogens with one attached hydrogen (secondary N) is 1. The average Bonchev–Trinajstić information content (AvgIpc) is 2.88. The van der Waals surface area contributed by atoms with Gasteiger partial charge >= 0.3 is 0 Å². The molecule has 1 aromatic heterocycles. The number of nitrogens with two attached hydrogens (primary N) is 1. The van der Waals surface area contributed by atoms with E-state index >= 15 is 0 Å². The van der Waals surface area contributed by atoms with E-state index in [9.17, 15) is 0 Å². The first-order valence-electron chi connectivity index (χ1n) is 8.53. The quantitative estimate of drug-likeness (QED) is 0.598. The highest BCUT2D eigenvalue weighted by Crippen LogP contribution is 2.14. The van der Waals surface area contributed by atoms with E-state index in [2.05, 4.69) is 45.8 Å². The molecule has 0 aromatic carbocycles. The molecular weight excluding hydrogens is 276 g/mol. The number of hydrogen-bond donors (Lipinski definition) is 2. The number of aliphatic imine (C=N–C) groups is 1. The van der Waals surface area contributed by atoms with Crippen LogP contribution in [0.2, 0.25) is 0 Å². The molecule has 0 bridgehead atoms. The zero-order valence-electron chi connectivity index (χ0n) is 14.2. The van der Waals surface area contributed by atoms with Gasteiger partial charge in [0.25, 0.3) is 0 Å². The second-order valence-electron chi connectivity index (χ2n) is 6.71. The fourth-order valence-corrected chi connectivity index (χ4v) is 2.84. The van der Waals surface area contributed by atoms with Crippen molar-refractivity contribution in [1.29, 1.82) is 0 Å². The fraction of sp³-hybridized carbons (Fsp3) is 0.812. The lowest BCUT2D eigenvalue weighted by Gasteiger charge is -2.16. The van der Waals surface area contributed by atoms with E-state index in [1.165, 1.54) is 25.7 Å². The first kappa shape index (κ1) is 16.8. The van der Waals surface area contributed by atoms with Crippen LogP contribution in [0.3, 0.4) is 0 Å². The van der Waals surface area contributed by atoms with Crippen LogP contribution in [0.5, 0.6) is 0 Å². The standard InChI is InChI=1S/C16H30N6/c1-12(2)7-6-8-13(3)19-16(17)18-11-15-21-20-14-9-4-5-10-22(14)15/h12-13H,4-11H2,1-3H3,(H3,17,18,19). The minimum Gasteiger partial charge on any atom is -0.370 e. The van der Waals surface area contributed by atoms with Gasteiger partial charge in [-0.25, -0.2) is 4.99 Å². The topological polar surface area (TPSA) is 81.1 Å². The molecule has 3 N–H and O–H groups in total. The third kappa shape index (κ3) is 5.00. The molecule has 0 radical (unpaired) electrons. The summed E-state index contributed by atoms with van der Waals surface area (Å²) in [6, 6.07) is 0.356. The molecule has 0 spiro atoms. The van der Waals surface area contributed by atoms with Gasteiger partial charge in [-0.05, 0) is 32.1 Å². The molecule has 1 aromatic rings. The van der Waals surface area contributed by atoms with Gasteiger partial charge in [0.15, 0.2) is 11.8 Å². The number of aryl methyl sites for hydroxylation is 1. The molecule has 2 rings (SSSR count). The highest BCUT2D eigenvalue weighted by Gasteiger charge is 2.15. The summed E-state index contributed by atoms with van der Waals surface area (Å²) in [5, 5.41) is 11.7. The van der Waals surface area contributed by atoms with Gasteiger partial charge in [-0.2, -0.15) is 0 Å². The van der Waals surface area contributed by atoms with Crippen LogP contribution in [0.25, 0.3) is 0 Å². The molecule has 1 aliphatic rings. The van der Waals surface area contributed by atoms with Crippen molar-refractivity contribution in [1.82, 2.24) is 20.1 Å². The van der Waals surface area contributed by atoms with Crippen LogP contribution < -0.4 is 11.1 Å². The highest BCUT2D eigenvalue weighted by atomic mass is 15.3. The molecule has 1 aliphatic heterocycles. The first-order valence-corrected chi connectivity index (χ1v) is 8.53. The predicted octanol–water partition coefficient (Wildman–Crippen LogP) is 2.23. The third-order valence-corrected chi connectivity index (χ3v) is 4.14. The molecule has 6 nitrogen and oxygen atoms in total. The molecule has 0 aliphatic carbocycles. The monoisotopic (exact) mass is 306 g/mol. The van der Waals surface area contributed by atoms with Gasteiger partial charge in [0.1, 0.15) is 12.4 Å². The van der Waals surface area contributed by atoms with E-state index < -0.39 is 0 Å². The van der Waals surface area contributed by atoms with Gasteiger partial charge in [-0.15, -0.1) is 10.2 Å². The van der Waals surface area contributed by atoms with Crippen LogP contribution in [0.4, 0.5) is 0 Å². The number of hydrogen-bond acceptors (Lipinski definition) is 3. The molecule has 0 saturated carbocycles. The lowest BCUT2D eigenvalue weighted by Crippen LogP contribution is -2.38. The first-order chi connectivity index (χ1) is 10.6. The third-order valence-electron chi connectivity index (χ3n) is 4.14. The van der Waals surface area contributed by atoms with Crippen LogP contribution in [0, 0.1) is 5.92 Å². The molecule has 1 atom stereocenters. The van der Waals surface area contributed by atoms with Gasteiger partial charge in [-0.3, -0.25) is 0 Å². The van der Waals surface area contributed by atoms with Gasteiger partial charge in [-0.1, -0.05) is 26.7 Å². The zero-order chi connectivity index (χ0) is 15.9. The predicted molar refractivity (Wildman–Crippen MR) is 89.6 cm³/mol. The van der Waals surface area contributed by atoms with E-state index in [0.717, 1.165) is 37.0 Å². The summed E-state index contributed by atoms with van der Waals surface area (Å²) in [7, 11) is 0. The molecule has 0 amide bonds. The van der Waals surface area contributed by atoms with E-state index in [1.54, 1.807) is 0 Å². The Morgan fingerprint density at radius 1 is 1.27 bits per heavy atom. The van der Waals surface area contributed by atoms with Crippen molar-refractivity contribution in [3.05, 3.63) is 11.6 Å². The molecule has 6 heteroatoms. The van der Waals surface area contributed by atoms with Crippen molar-refractivity contribution in [2.45, 2.75) is 78.4 Å².